The molecule has 138 valence electrons. The van der Waals surface area contributed by atoms with Crippen LogP contribution in [0.15, 0.2) is 40.8 Å². The van der Waals surface area contributed by atoms with Crippen LogP contribution >= 0.6 is 0 Å². The molecule has 0 unspecified atom stereocenters. The Morgan fingerprint density at radius 1 is 1.08 bits per heavy atom. The zero-order valence-electron chi connectivity index (χ0n) is 16.0. The maximum atomic E-state index is 12.6. The molecule has 0 saturated carbocycles. The fraction of sp³-hybridized carbons (Fsp3) is 0.381. The molecule has 2 rings (SSSR count). The summed E-state index contributed by atoms with van der Waals surface area (Å²) in [4.78, 5) is 16.3. The number of carbonyl (C=O) groups excluding carboxylic acids is 1. The smallest absolute Gasteiger partial charge is 0.289 e. The summed E-state index contributed by atoms with van der Waals surface area (Å²) in [5, 5.41) is 9.64. The number of nitrogens with zero attached hydrogens (tertiary/aromatic N) is 2. The molecule has 0 aliphatic heterocycles. The van der Waals surface area contributed by atoms with E-state index in [2.05, 4.69) is 22.8 Å². The minimum absolute atomic E-state index is 0.207. The SMILES string of the molecule is CN(C)Cc1ccccc1CN(C)C(=O)c1ccc(C#CC(C)(C)O)o1. The topological polar surface area (TPSA) is 56.9 Å². The second-order valence-electron chi connectivity index (χ2n) is 7.14. The van der Waals surface area contributed by atoms with Crippen LogP contribution in [0, 0.1) is 11.8 Å². The van der Waals surface area contributed by atoms with E-state index in [-0.39, 0.29) is 11.7 Å². The van der Waals surface area contributed by atoms with Crippen molar-refractivity contribution in [1.29, 1.82) is 0 Å². The van der Waals surface area contributed by atoms with Crippen molar-refractivity contribution in [2.24, 2.45) is 0 Å². The van der Waals surface area contributed by atoms with Crippen molar-refractivity contribution in [3.63, 3.8) is 0 Å². The van der Waals surface area contributed by atoms with Crippen molar-refractivity contribution < 1.29 is 14.3 Å². The van der Waals surface area contributed by atoms with Gasteiger partial charge >= 0.3 is 0 Å². The molecule has 5 heteroatoms. The molecule has 0 bridgehead atoms. The molecular formula is C21H26N2O3. The lowest BCUT2D eigenvalue weighted by atomic mass is 10.1. The summed E-state index contributed by atoms with van der Waals surface area (Å²) >= 11 is 0. The number of rotatable bonds is 5. The van der Waals surface area contributed by atoms with Gasteiger partial charge in [0.1, 0.15) is 5.60 Å². The van der Waals surface area contributed by atoms with Gasteiger partial charge < -0.3 is 19.3 Å². The number of hydrogen-bond donors (Lipinski definition) is 1. The number of amides is 1. The molecule has 1 amide bonds. The van der Waals surface area contributed by atoms with Gasteiger partial charge in [-0.05, 0) is 57.1 Å². The minimum atomic E-state index is -1.11. The summed E-state index contributed by atoms with van der Waals surface area (Å²) in [7, 11) is 5.79. The van der Waals surface area contributed by atoms with Crippen LogP contribution in [0.5, 0.6) is 0 Å². The average molecular weight is 354 g/mol. The summed E-state index contributed by atoms with van der Waals surface area (Å²) in [6, 6.07) is 11.3. The van der Waals surface area contributed by atoms with Crippen molar-refractivity contribution in [3.8, 4) is 11.8 Å². The maximum Gasteiger partial charge on any atom is 0.289 e. The molecule has 26 heavy (non-hydrogen) atoms. The molecule has 5 nitrogen and oxygen atoms in total. The Bertz CT molecular complexity index is 820. The van der Waals surface area contributed by atoms with Gasteiger partial charge in [-0.1, -0.05) is 30.2 Å². The predicted octanol–water partition coefficient (Wildman–Crippen LogP) is 2.74. The first kappa shape index (κ1) is 19.8. The van der Waals surface area contributed by atoms with Crippen LogP contribution in [-0.4, -0.2) is 47.6 Å². The van der Waals surface area contributed by atoms with Gasteiger partial charge in [0.15, 0.2) is 11.5 Å². The van der Waals surface area contributed by atoms with E-state index < -0.39 is 5.60 Å². The third-order valence-corrected chi connectivity index (χ3v) is 3.67. The molecule has 0 radical (unpaired) electrons. The van der Waals surface area contributed by atoms with Crippen LogP contribution in [-0.2, 0) is 13.1 Å². The van der Waals surface area contributed by atoms with Gasteiger partial charge in [-0.3, -0.25) is 4.79 Å². The quantitative estimate of drug-likeness (QED) is 0.839. The van der Waals surface area contributed by atoms with E-state index in [4.69, 9.17) is 4.42 Å². The number of carbonyl (C=O) groups is 1. The fourth-order valence-electron chi connectivity index (χ4n) is 2.46. The van der Waals surface area contributed by atoms with Crippen molar-refractivity contribution in [2.75, 3.05) is 21.1 Å². The molecule has 1 heterocycles. The van der Waals surface area contributed by atoms with Gasteiger partial charge in [-0.15, -0.1) is 0 Å². The molecule has 0 aliphatic carbocycles. The molecule has 1 aromatic carbocycles. The number of furan rings is 1. The van der Waals surface area contributed by atoms with Gasteiger partial charge in [-0.25, -0.2) is 0 Å². The van der Waals surface area contributed by atoms with E-state index in [9.17, 15) is 9.90 Å². The summed E-state index contributed by atoms with van der Waals surface area (Å²) in [5.41, 5.74) is 1.18. The van der Waals surface area contributed by atoms with Crippen LogP contribution < -0.4 is 0 Å². The van der Waals surface area contributed by atoms with E-state index in [0.29, 0.717) is 12.3 Å². The zero-order chi connectivity index (χ0) is 19.3. The average Bonchev–Trinajstić information content (AvgIpc) is 3.02. The van der Waals surface area contributed by atoms with E-state index in [0.717, 1.165) is 12.1 Å². The molecule has 1 N–H and O–H groups in total. The Morgan fingerprint density at radius 3 is 2.27 bits per heavy atom. The molecule has 0 saturated heterocycles. The van der Waals surface area contributed by atoms with Crippen LogP contribution in [0.25, 0.3) is 0 Å². The third-order valence-electron chi connectivity index (χ3n) is 3.67. The lowest BCUT2D eigenvalue weighted by molar-refractivity contribution is 0.0752. The Morgan fingerprint density at radius 2 is 1.69 bits per heavy atom. The summed E-state index contributed by atoms with van der Waals surface area (Å²) < 4.78 is 5.51. The second kappa shape index (κ2) is 8.22. The lowest BCUT2D eigenvalue weighted by Gasteiger charge is -2.19. The highest BCUT2D eigenvalue weighted by Gasteiger charge is 2.17. The highest BCUT2D eigenvalue weighted by atomic mass is 16.4. The first-order valence-electron chi connectivity index (χ1n) is 8.48. The van der Waals surface area contributed by atoms with Gasteiger partial charge in [0.05, 0.1) is 0 Å². The standard InChI is InChI=1S/C21H26N2O3/c1-21(2,25)13-12-18-10-11-19(26-18)20(24)23(5)15-17-9-7-6-8-16(17)14-22(3)4/h6-11,25H,14-15H2,1-5H3. The minimum Gasteiger partial charge on any atom is -0.443 e. The van der Waals surface area contributed by atoms with Crippen LogP contribution in [0.4, 0.5) is 0 Å². The van der Waals surface area contributed by atoms with Crippen molar-refractivity contribution in [1.82, 2.24) is 9.80 Å². The lowest BCUT2D eigenvalue weighted by Crippen LogP contribution is -2.26. The Hall–Kier alpha value is -2.55. The van der Waals surface area contributed by atoms with E-state index >= 15 is 0 Å². The molecule has 0 aliphatic rings. The van der Waals surface area contributed by atoms with Crippen molar-refractivity contribution >= 4 is 5.91 Å². The molecule has 0 fully saturated rings. The molecule has 0 spiro atoms. The largest absolute Gasteiger partial charge is 0.443 e. The highest BCUT2D eigenvalue weighted by molar-refractivity contribution is 5.91. The summed E-state index contributed by atoms with van der Waals surface area (Å²) in [6.07, 6.45) is 0. The van der Waals surface area contributed by atoms with Crippen molar-refractivity contribution in [3.05, 3.63) is 59.0 Å². The molecule has 2 aromatic rings. The van der Waals surface area contributed by atoms with E-state index in [1.165, 1.54) is 5.56 Å². The highest BCUT2D eigenvalue weighted by Crippen LogP contribution is 2.16. The summed E-state index contributed by atoms with van der Waals surface area (Å²) in [6.45, 7) is 4.49. The van der Waals surface area contributed by atoms with Gasteiger partial charge in [-0.2, -0.15) is 0 Å². The molecular weight excluding hydrogens is 328 g/mol. The fourth-order valence-corrected chi connectivity index (χ4v) is 2.46. The van der Waals surface area contributed by atoms with Crippen LogP contribution in [0.1, 0.15) is 41.3 Å². The monoisotopic (exact) mass is 354 g/mol. The van der Waals surface area contributed by atoms with Crippen molar-refractivity contribution in [2.45, 2.75) is 32.5 Å². The van der Waals surface area contributed by atoms with Gasteiger partial charge in [0, 0.05) is 20.1 Å². The first-order chi connectivity index (χ1) is 12.2. The number of aliphatic hydroxyl groups is 1. The van der Waals surface area contributed by atoms with Crippen LogP contribution in [0.3, 0.4) is 0 Å². The Kier molecular flexibility index (Phi) is 6.25. The third kappa shape index (κ3) is 5.76. The maximum absolute atomic E-state index is 12.6. The Labute approximate surface area is 155 Å². The van der Waals surface area contributed by atoms with E-state index in [1.54, 1.807) is 37.9 Å². The second-order valence-corrected chi connectivity index (χ2v) is 7.14. The first-order valence-corrected chi connectivity index (χ1v) is 8.48. The number of hydrogen-bond acceptors (Lipinski definition) is 4. The van der Waals surface area contributed by atoms with Gasteiger partial charge in [0.25, 0.3) is 5.91 Å². The Balaban J connectivity index is 2.11. The zero-order valence-corrected chi connectivity index (χ0v) is 16.0. The predicted molar refractivity (Wildman–Crippen MR) is 102 cm³/mol. The summed E-state index contributed by atoms with van der Waals surface area (Å²) in [5.74, 6) is 5.79. The van der Waals surface area contributed by atoms with E-state index in [1.807, 2.05) is 32.3 Å². The van der Waals surface area contributed by atoms with Crippen LogP contribution in [0.2, 0.25) is 0 Å². The van der Waals surface area contributed by atoms with Gasteiger partial charge in [0.2, 0.25) is 0 Å². The molecule has 1 aromatic heterocycles. The number of benzene rings is 1. The molecule has 0 atom stereocenters. The normalized spacial score (nSPS) is 11.2.